The summed E-state index contributed by atoms with van der Waals surface area (Å²) in [6, 6.07) is 18.6. The number of amides is 5. The number of esters is 1. The van der Waals surface area contributed by atoms with Gasteiger partial charge in [0.15, 0.2) is 0 Å². The summed E-state index contributed by atoms with van der Waals surface area (Å²) >= 11 is 11.2. The number of nitrogens with zero attached hydrogens (tertiary/aromatic N) is 3. The standard InChI is InChI=1S/C9H7NO2.C8H5NO2.C7H7ClN2O.C7H6ClNO2.CH5N.CH2O3.CH4O.2CH4.2ClH.2Na.H/c1-10-8(11)6-4-2-3-5-7(6)9(10)12;10-7-5-3-1-2-4-6(5)8(11)9-7;1-9-7(11)6-4-5(8)2-3-10-6;1-11-7(10)6-4-5(8)2-3-9-6;1-2;2-1-4-3;1-2;;;;;;;/h2-5H,1H3;1-4H,(H,9,10,11);2-4H,1H3,(H,9,11);2-4H,1H3;2H2,1H3;1,3H;2H,1H3;2*1H4;2*1H;;;/q;;;;;;;;;;;2*+1;-1/p-1/i1D3;;1D3;;1D3;;1D3,2D;;;;;;;. The molecule has 0 unspecified atom stereocenters. The van der Waals surface area contributed by atoms with Crippen LogP contribution in [0.2, 0.25) is 10.0 Å². The van der Waals surface area contributed by atoms with Crippen molar-refractivity contribution in [3.8, 4) is 0 Å². The third-order valence-electron chi connectivity index (χ3n) is 5.66. The zero-order valence-electron chi connectivity index (χ0n) is 43.6. The van der Waals surface area contributed by atoms with Gasteiger partial charge in [-0.3, -0.25) is 44.0 Å². The molecule has 5 N–H and O–H groups in total. The summed E-state index contributed by atoms with van der Waals surface area (Å²) in [5, 5.41) is 16.4. The summed E-state index contributed by atoms with van der Waals surface area (Å²) in [6.07, 6.45) is 2.78. The topological polar surface area (TPSA) is 260 Å². The Bertz CT molecular complexity index is 2250. The Morgan fingerprint density at radius 2 is 1.27 bits per heavy atom. The number of imide groups is 2. The average Bonchev–Trinajstić information content (AvgIpc) is 3.66. The Labute approximate surface area is 429 Å². The molecule has 2 aliphatic rings. The number of pyridine rings is 2. The van der Waals surface area contributed by atoms with Crippen LogP contribution < -0.4 is 80.7 Å². The summed E-state index contributed by atoms with van der Waals surface area (Å²) in [4.78, 5) is 86.1. The number of halogens is 4. The van der Waals surface area contributed by atoms with E-state index in [4.69, 9.17) is 51.1 Å². The zero-order chi connectivity index (χ0) is 51.2. The van der Waals surface area contributed by atoms with Crippen LogP contribution in [0.3, 0.4) is 0 Å². The molecule has 6 rings (SSSR count). The Hall–Kier alpha value is -3.53. The van der Waals surface area contributed by atoms with Crippen molar-refractivity contribution >= 4 is 90.0 Å². The van der Waals surface area contributed by atoms with Gasteiger partial charge >= 0.3 is 65.1 Å². The van der Waals surface area contributed by atoms with Crippen molar-refractivity contribution in [3.05, 3.63) is 129 Å². The molecule has 23 heteroatoms. The van der Waals surface area contributed by atoms with Crippen molar-refractivity contribution in [2.24, 2.45) is 5.73 Å². The first-order valence-electron chi connectivity index (χ1n) is 19.9. The van der Waals surface area contributed by atoms with E-state index < -0.39 is 51.7 Å². The fraction of sp³-hybridized carbons (Fsp3) is 0.194. The molecule has 0 spiro atoms. The first kappa shape index (κ1) is 43.6. The van der Waals surface area contributed by atoms with Crippen LogP contribution in [0.5, 0.6) is 0 Å². The molecule has 0 aliphatic carbocycles. The number of rotatable bonds is 3. The fourth-order valence-electron chi connectivity index (χ4n) is 3.52. The molecule has 2 aromatic carbocycles. The largest absolute Gasteiger partial charge is 1.00 e. The maximum Gasteiger partial charge on any atom is 1.00 e. The molecule has 0 saturated heterocycles. The molecule has 4 aromatic rings. The number of hydrogen-bond donors (Lipinski definition) is 4. The molecule has 0 atom stereocenters. The van der Waals surface area contributed by atoms with Gasteiger partial charge in [0.25, 0.3) is 36.0 Å². The van der Waals surface area contributed by atoms with Crippen LogP contribution in [-0.4, -0.2) is 98.5 Å². The summed E-state index contributed by atoms with van der Waals surface area (Å²) in [5.74, 6) is -3.36. The molecule has 0 bridgehead atoms. The minimum Gasteiger partial charge on any atom is -1.00 e. The van der Waals surface area contributed by atoms with Crippen LogP contribution in [0.15, 0.2) is 85.2 Å². The van der Waals surface area contributed by atoms with Gasteiger partial charge in [-0.05, 0) is 55.5 Å². The van der Waals surface area contributed by atoms with Crippen molar-refractivity contribution in [3.63, 3.8) is 0 Å². The molecule has 316 valence electrons. The Kier molecular flexibility index (Phi) is 29.5. The summed E-state index contributed by atoms with van der Waals surface area (Å²) in [5.41, 5.74) is 5.80. The van der Waals surface area contributed by atoms with Gasteiger partial charge in [0.2, 0.25) is 1.43 Å². The number of aromatic nitrogens is 2. The van der Waals surface area contributed by atoms with Gasteiger partial charge in [-0.15, -0.1) is 24.8 Å². The minimum atomic E-state index is -2.72. The van der Waals surface area contributed by atoms with Crippen molar-refractivity contribution < 1.29 is 131 Å². The third kappa shape index (κ3) is 23.7. The van der Waals surface area contributed by atoms with E-state index in [0.29, 0.717) is 26.1 Å². The summed E-state index contributed by atoms with van der Waals surface area (Å²) in [6.45, 7) is -7.66. The molecule has 4 heterocycles. The van der Waals surface area contributed by atoms with E-state index in [2.05, 4.69) is 35.8 Å². The number of benzene rings is 2. The molecule has 0 radical (unpaired) electrons. The first-order chi connectivity index (χ1) is 30.3. The van der Waals surface area contributed by atoms with E-state index in [1.54, 1.807) is 47.8 Å². The zero-order valence-corrected chi connectivity index (χ0v) is 36.8. The Morgan fingerprint density at radius 3 is 1.61 bits per heavy atom. The van der Waals surface area contributed by atoms with E-state index in [1.807, 2.05) is 0 Å². The van der Waals surface area contributed by atoms with Gasteiger partial charge < -0.3 is 32.5 Å². The Balaban J connectivity index is -0.000000115. The van der Waals surface area contributed by atoms with Crippen LogP contribution in [-0.2, 0) is 14.4 Å². The van der Waals surface area contributed by atoms with Gasteiger partial charge in [0.05, 0.1) is 33.5 Å². The maximum absolute atomic E-state index is 11.6. The monoisotopic (exact) mass is 937 g/mol. The van der Waals surface area contributed by atoms with Crippen molar-refractivity contribution in [1.82, 2.24) is 25.5 Å². The number of carbonyl (C=O) groups is 7. The number of fused-ring (bicyclic) bond motifs is 2. The number of ether oxygens (including phenoxy) is 1. The maximum atomic E-state index is 11.6. The quantitative estimate of drug-likeness (QED) is 0.0431. The molecule has 0 saturated carbocycles. The number of aliphatic hydroxyl groups is 1. The van der Waals surface area contributed by atoms with E-state index in [1.165, 1.54) is 49.8 Å². The van der Waals surface area contributed by atoms with Crippen LogP contribution >= 0.6 is 48.0 Å². The average molecular weight is 940 g/mol. The normalized spacial score (nSPS) is 13.9. The van der Waals surface area contributed by atoms with Gasteiger partial charge in [-0.1, -0.05) is 62.3 Å². The van der Waals surface area contributed by atoms with Crippen LogP contribution in [0.4, 0.5) is 0 Å². The van der Waals surface area contributed by atoms with E-state index in [9.17, 15) is 28.8 Å². The predicted octanol–water partition coefficient (Wildman–Crippen LogP) is -2.05. The van der Waals surface area contributed by atoms with Gasteiger partial charge in [-0.25, -0.2) is 9.78 Å². The summed E-state index contributed by atoms with van der Waals surface area (Å²) < 4.78 is 88.3. The fourth-order valence-corrected chi connectivity index (χ4v) is 3.84. The SMILES string of the molecule is C.C.COC(=O)c1cc(Cl)ccn1.Cl.Cl.O=C1NC(=O)c2ccccc21.O=CO[O-].[2H]C([2H])([2H])N.[2H]C([2H])([2H])N1C(=O)c2ccccc2C1=O.[2H]C([2H])([2H])NC(=O)c1cc(Cl)ccn1.[2H]OC([2H])([2H])[2H].[H-].[Na+].[Na+]. The van der Waals surface area contributed by atoms with Gasteiger partial charge in [0, 0.05) is 55.8 Å². The number of hydrogen-bond acceptors (Lipinski definition) is 14. The predicted molar refractivity (Wildman–Crippen MR) is 219 cm³/mol. The molecule has 2 aromatic heterocycles. The Morgan fingerprint density at radius 1 is 0.881 bits per heavy atom. The second kappa shape index (κ2) is 39.9. The van der Waals surface area contributed by atoms with Crippen LogP contribution in [0.25, 0.3) is 0 Å². The van der Waals surface area contributed by atoms with Gasteiger partial charge in [0.1, 0.15) is 11.4 Å². The molecule has 2 aliphatic heterocycles. The molecule has 17 nitrogen and oxygen atoms in total. The summed E-state index contributed by atoms with van der Waals surface area (Å²) in [7, 11) is -1.25. The number of nitrogens with two attached hydrogens (primary N) is 1. The first-order valence-corrected chi connectivity index (χ1v) is 14.3. The van der Waals surface area contributed by atoms with Crippen LogP contribution in [0, 0.1) is 0 Å². The van der Waals surface area contributed by atoms with Crippen molar-refractivity contribution in [2.45, 2.75) is 14.9 Å². The smallest absolute Gasteiger partial charge is 1.00 e. The minimum absolute atomic E-state index is 0. The third-order valence-corrected chi connectivity index (χ3v) is 6.13. The molecule has 0 fully saturated rings. The second-order valence-electron chi connectivity index (χ2n) is 8.68. The number of methoxy groups -OCH3 is 1. The van der Waals surface area contributed by atoms with E-state index in [0.717, 1.165) is 0 Å². The molecule has 59 heavy (non-hydrogen) atoms. The van der Waals surface area contributed by atoms with E-state index in [-0.39, 0.29) is 141 Å². The molecular formula is C36H46Cl4N6Na2O11. The van der Waals surface area contributed by atoms with Crippen molar-refractivity contribution in [1.29, 1.82) is 1.43 Å². The molecular weight excluding hydrogens is 880 g/mol. The molecule has 5 amide bonds. The number of carbonyl (C=O) groups excluding carboxylic acids is 7. The van der Waals surface area contributed by atoms with Gasteiger partial charge in [-0.2, -0.15) is 0 Å². The van der Waals surface area contributed by atoms with Crippen molar-refractivity contribution in [2.75, 3.05) is 35.1 Å². The van der Waals surface area contributed by atoms with E-state index >= 15 is 0 Å². The second-order valence-corrected chi connectivity index (χ2v) is 9.55. The van der Waals surface area contributed by atoms with Crippen LogP contribution in [0.1, 0.15) is 95.1 Å². The number of nitrogens with one attached hydrogen (secondary N) is 2.